The van der Waals surface area contributed by atoms with E-state index in [1.165, 1.54) is 7.11 Å². The summed E-state index contributed by atoms with van der Waals surface area (Å²) in [7, 11) is 1.36. The van der Waals surface area contributed by atoms with Gasteiger partial charge in [-0.25, -0.2) is 0 Å². The molecule has 1 heterocycles. The van der Waals surface area contributed by atoms with Crippen LogP contribution in [0.5, 0.6) is 0 Å². The quantitative estimate of drug-likeness (QED) is 0.495. The molecule has 0 unspecified atom stereocenters. The zero-order valence-electron chi connectivity index (χ0n) is 14.0. The fourth-order valence-electron chi connectivity index (χ4n) is 2.31. The lowest BCUT2D eigenvalue weighted by molar-refractivity contribution is -0.141. The Balaban J connectivity index is 2.43. The van der Waals surface area contributed by atoms with Crippen molar-refractivity contribution in [2.45, 2.75) is 26.7 Å². The number of rotatable bonds is 8. The summed E-state index contributed by atoms with van der Waals surface area (Å²) in [5.41, 5.74) is 0.959. The Hall–Kier alpha value is -1.40. The fraction of sp³-hybridized carbons (Fsp3) is 0.750. The number of carbonyl (C=O) groups is 2. The van der Waals surface area contributed by atoms with Gasteiger partial charge < -0.3 is 14.4 Å². The Bertz CT molecular complexity index is 386. The third-order valence-electron chi connectivity index (χ3n) is 3.54. The number of morpholine rings is 1. The molecular formula is C16H28N2O4. The summed E-state index contributed by atoms with van der Waals surface area (Å²) >= 11 is 0. The first-order valence-corrected chi connectivity index (χ1v) is 7.83. The van der Waals surface area contributed by atoms with Crippen molar-refractivity contribution >= 4 is 11.9 Å². The van der Waals surface area contributed by atoms with E-state index < -0.39 is 0 Å². The van der Waals surface area contributed by atoms with Gasteiger partial charge in [0, 0.05) is 38.8 Å². The molecule has 0 radical (unpaired) electrons. The van der Waals surface area contributed by atoms with Gasteiger partial charge in [-0.3, -0.25) is 14.5 Å². The number of nitrogens with zero attached hydrogens (tertiary/aromatic N) is 2. The minimum absolute atomic E-state index is 0.0362. The number of hydrogen-bond donors (Lipinski definition) is 0. The summed E-state index contributed by atoms with van der Waals surface area (Å²) in [6.07, 6.45) is 2.74. The largest absolute Gasteiger partial charge is 0.469 e. The lowest BCUT2D eigenvalue weighted by Gasteiger charge is -2.28. The zero-order chi connectivity index (χ0) is 16.4. The van der Waals surface area contributed by atoms with Crippen molar-refractivity contribution in [1.29, 1.82) is 0 Å². The van der Waals surface area contributed by atoms with Crippen molar-refractivity contribution in [3.05, 3.63) is 11.6 Å². The molecule has 22 heavy (non-hydrogen) atoms. The molecule has 1 rings (SSSR count). The van der Waals surface area contributed by atoms with E-state index in [-0.39, 0.29) is 18.3 Å². The van der Waals surface area contributed by atoms with E-state index in [0.717, 1.165) is 44.8 Å². The van der Waals surface area contributed by atoms with Crippen molar-refractivity contribution in [3.8, 4) is 0 Å². The number of allylic oxidation sites excluding steroid dienone is 1. The van der Waals surface area contributed by atoms with E-state index in [9.17, 15) is 9.59 Å². The van der Waals surface area contributed by atoms with Gasteiger partial charge in [0.15, 0.2) is 0 Å². The molecule has 1 saturated heterocycles. The summed E-state index contributed by atoms with van der Waals surface area (Å²) in [5, 5.41) is 0. The number of amides is 1. The average molecular weight is 312 g/mol. The molecule has 1 amide bonds. The highest BCUT2D eigenvalue weighted by Gasteiger charge is 2.15. The number of methoxy groups -OCH3 is 1. The van der Waals surface area contributed by atoms with Crippen LogP contribution in [-0.4, -0.2) is 74.7 Å². The summed E-state index contributed by atoms with van der Waals surface area (Å²) in [6, 6.07) is 0. The van der Waals surface area contributed by atoms with Crippen molar-refractivity contribution in [1.82, 2.24) is 9.80 Å². The Kier molecular flexibility index (Phi) is 8.77. The van der Waals surface area contributed by atoms with Gasteiger partial charge >= 0.3 is 5.97 Å². The predicted molar refractivity (Wildman–Crippen MR) is 84.5 cm³/mol. The Morgan fingerprint density at radius 1 is 1.23 bits per heavy atom. The molecule has 0 N–H and O–H groups in total. The molecule has 0 bridgehead atoms. The van der Waals surface area contributed by atoms with Crippen LogP contribution in [0.3, 0.4) is 0 Å². The molecule has 0 aromatic rings. The summed E-state index contributed by atoms with van der Waals surface area (Å²) in [6.45, 7) is 9.24. The molecule has 0 aliphatic carbocycles. The van der Waals surface area contributed by atoms with E-state index in [1.807, 2.05) is 13.8 Å². The highest BCUT2D eigenvalue weighted by molar-refractivity contribution is 5.88. The second kappa shape index (κ2) is 10.3. The second-order valence-corrected chi connectivity index (χ2v) is 5.68. The third-order valence-corrected chi connectivity index (χ3v) is 3.54. The first kappa shape index (κ1) is 18.6. The number of esters is 1. The maximum absolute atomic E-state index is 12.2. The fourth-order valence-corrected chi connectivity index (χ4v) is 2.31. The van der Waals surface area contributed by atoms with Gasteiger partial charge in [0.25, 0.3) is 0 Å². The van der Waals surface area contributed by atoms with Crippen LogP contribution in [-0.2, 0) is 19.1 Å². The smallest absolute Gasteiger partial charge is 0.307 e. The summed E-state index contributed by atoms with van der Waals surface area (Å²) < 4.78 is 9.97. The zero-order valence-corrected chi connectivity index (χ0v) is 14.0. The van der Waals surface area contributed by atoms with E-state index in [2.05, 4.69) is 9.64 Å². The van der Waals surface area contributed by atoms with Crippen LogP contribution >= 0.6 is 0 Å². The van der Waals surface area contributed by atoms with Crippen molar-refractivity contribution in [2.24, 2.45) is 0 Å². The van der Waals surface area contributed by atoms with E-state index >= 15 is 0 Å². The summed E-state index contributed by atoms with van der Waals surface area (Å²) in [5.74, 6) is -0.325. The van der Waals surface area contributed by atoms with Gasteiger partial charge in [-0.2, -0.15) is 0 Å². The maximum atomic E-state index is 12.2. The lowest BCUT2D eigenvalue weighted by atomic mass is 10.2. The number of hydrogen-bond acceptors (Lipinski definition) is 5. The van der Waals surface area contributed by atoms with E-state index in [1.54, 1.807) is 11.0 Å². The highest BCUT2D eigenvalue weighted by atomic mass is 16.5. The van der Waals surface area contributed by atoms with E-state index in [0.29, 0.717) is 13.1 Å². The highest BCUT2D eigenvalue weighted by Crippen LogP contribution is 2.03. The molecule has 1 aliphatic heterocycles. The number of carbonyl (C=O) groups excluding carboxylic acids is 2. The molecule has 126 valence electrons. The number of ether oxygens (including phenoxy) is 2. The molecule has 1 aliphatic rings. The topological polar surface area (TPSA) is 59.1 Å². The Morgan fingerprint density at radius 3 is 2.50 bits per heavy atom. The standard InChI is InChI=1S/C16H28N2O4/c1-14(2)13-15(19)18(8-5-16(20)21-3)7-4-6-17-9-11-22-12-10-17/h13H,4-12H2,1-3H3. The first-order valence-electron chi connectivity index (χ1n) is 7.83. The second-order valence-electron chi connectivity index (χ2n) is 5.68. The minimum atomic E-state index is -0.289. The van der Waals surface area contributed by atoms with Crippen LogP contribution in [0.1, 0.15) is 26.7 Å². The molecule has 0 atom stereocenters. The normalized spacial score (nSPS) is 15.2. The van der Waals surface area contributed by atoms with Crippen molar-refractivity contribution < 1.29 is 19.1 Å². The first-order chi connectivity index (χ1) is 10.5. The Morgan fingerprint density at radius 2 is 1.91 bits per heavy atom. The average Bonchev–Trinajstić information content (AvgIpc) is 2.50. The van der Waals surface area contributed by atoms with E-state index in [4.69, 9.17) is 4.74 Å². The summed E-state index contributed by atoms with van der Waals surface area (Å²) in [4.78, 5) is 27.6. The predicted octanol–water partition coefficient (Wildman–Crippen LogP) is 1.07. The monoisotopic (exact) mass is 312 g/mol. The molecular weight excluding hydrogens is 284 g/mol. The molecule has 0 aromatic heterocycles. The van der Waals surface area contributed by atoms with Gasteiger partial charge in [0.1, 0.15) is 0 Å². The molecule has 0 saturated carbocycles. The SMILES string of the molecule is COC(=O)CCN(CCCN1CCOCC1)C(=O)C=C(C)C. The molecule has 1 fully saturated rings. The molecule has 0 spiro atoms. The van der Waals surface area contributed by atoms with Crippen LogP contribution in [0.4, 0.5) is 0 Å². The van der Waals surface area contributed by atoms with Gasteiger partial charge in [0.05, 0.1) is 26.7 Å². The molecule has 6 nitrogen and oxygen atoms in total. The lowest BCUT2D eigenvalue weighted by Crippen LogP contribution is -2.39. The van der Waals surface area contributed by atoms with Crippen molar-refractivity contribution in [3.63, 3.8) is 0 Å². The van der Waals surface area contributed by atoms with Gasteiger partial charge in [0.2, 0.25) is 5.91 Å². The minimum Gasteiger partial charge on any atom is -0.469 e. The maximum Gasteiger partial charge on any atom is 0.307 e. The van der Waals surface area contributed by atoms with Crippen LogP contribution in [0.2, 0.25) is 0 Å². The van der Waals surface area contributed by atoms with Crippen LogP contribution in [0.25, 0.3) is 0 Å². The van der Waals surface area contributed by atoms with Crippen molar-refractivity contribution in [2.75, 3.05) is 53.0 Å². The third kappa shape index (κ3) is 7.56. The Labute approximate surface area is 133 Å². The van der Waals surface area contributed by atoms with Crippen LogP contribution < -0.4 is 0 Å². The molecule has 6 heteroatoms. The van der Waals surface area contributed by atoms with Gasteiger partial charge in [-0.1, -0.05) is 5.57 Å². The van der Waals surface area contributed by atoms with Crippen LogP contribution in [0.15, 0.2) is 11.6 Å². The van der Waals surface area contributed by atoms with Gasteiger partial charge in [-0.15, -0.1) is 0 Å². The van der Waals surface area contributed by atoms with Crippen LogP contribution in [0, 0.1) is 0 Å². The van der Waals surface area contributed by atoms with Gasteiger partial charge in [-0.05, 0) is 20.3 Å². The molecule has 0 aromatic carbocycles.